The summed E-state index contributed by atoms with van der Waals surface area (Å²) in [5, 5.41) is 1.77. The summed E-state index contributed by atoms with van der Waals surface area (Å²) in [7, 11) is 1.90. The van der Waals surface area contributed by atoms with Gasteiger partial charge in [0.15, 0.2) is 17.0 Å². The number of aromatic nitrogens is 4. The van der Waals surface area contributed by atoms with Crippen LogP contribution in [0.2, 0.25) is 0 Å². The van der Waals surface area contributed by atoms with Crippen LogP contribution in [-0.2, 0) is 19.5 Å². The summed E-state index contributed by atoms with van der Waals surface area (Å²) < 4.78 is 5.71. The first-order valence-corrected chi connectivity index (χ1v) is 5.42. The van der Waals surface area contributed by atoms with E-state index < -0.39 is 0 Å². The van der Waals surface area contributed by atoms with Crippen molar-refractivity contribution in [3.8, 4) is 0 Å². The van der Waals surface area contributed by atoms with Gasteiger partial charge in [0.1, 0.15) is 6.33 Å². The first-order valence-electron chi connectivity index (χ1n) is 5.06. The van der Waals surface area contributed by atoms with Crippen LogP contribution in [0.5, 0.6) is 0 Å². The van der Waals surface area contributed by atoms with Gasteiger partial charge in [-0.25, -0.2) is 20.0 Å². The van der Waals surface area contributed by atoms with E-state index in [0.717, 1.165) is 24.0 Å². The predicted molar refractivity (Wildman–Crippen MR) is 61.6 cm³/mol. The molecule has 16 heavy (non-hydrogen) atoms. The van der Waals surface area contributed by atoms with Crippen LogP contribution in [0.4, 0.5) is 5.82 Å². The Kier molecular flexibility index (Phi) is 2.06. The first-order chi connectivity index (χ1) is 7.81. The zero-order valence-corrected chi connectivity index (χ0v) is 9.55. The summed E-state index contributed by atoms with van der Waals surface area (Å²) in [6.45, 7) is 0. The van der Waals surface area contributed by atoms with E-state index in [4.69, 9.17) is 12.4 Å². The van der Waals surface area contributed by atoms with Crippen LogP contribution in [0.15, 0.2) is 17.1 Å². The molecule has 3 rings (SSSR count). The average molecular weight is 234 g/mol. The van der Waals surface area contributed by atoms with E-state index in [2.05, 4.69) is 19.4 Å². The summed E-state index contributed by atoms with van der Waals surface area (Å²) in [6.07, 6.45) is 5.46. The lowest BCUT2D eigenvalue weighted by atomic mass is 10.4. The molecule has 0 spiro atoms. The van der Waals surface area contributed by atoms with Crippen molar-refractivity contribution in [3.63, 3.8) is 0 Å². The molecule has 1 saturated carbocycles. The SMILES string of the molecule is Cn1cnc2c(N(N=S)C3CC3)ncnc21. The van der Waals surface area contributed by atoms with Gasteiger partial charge in [0.2, 0.25) is 0 Å². The minimum atomic E-state index is 0.387. The highest BCUT2D eigenvalue weighted by Crippen LogP contribution is 2.33. The number of hydrogen-bond donors (Lipinski definition) is 0. The quantitative estimate of drug-likeness (QED) is 0.741. The predicted octanol–water partition coefficient (Wildman–Crippen LogP) is 0.978. The van der Waals surface area contributed by atoms with Crippen LogP contribution >= 0.6 is 0 Å². The fourth-order valence-electron chi connectivity index (χ4n) is 1.70. The van der Waals surface area contributed by atoms with Crippen molar-refractivity contribution >= 4 is 29.4 Å². The second-order valence-corrected chi connectivity index (χ2v) is 4.05. The lowest BCUT2D eigenvalue weighted by Gasteiger charge is -2.14. The fourth-order valence-corrected chi connectivity index (χ4v) is 1.91. The molecule has 0 unspecified atom stereocenters. The molecule has 1 fully saturated rings. The van der Waals surface area contributed by atoms with E-state index in [1.807, 2.05) is 11.6 Å². The van der Waals surface area contributed by atoms with Crippen LogP contribution in [-0.4, -0.2) is 25.6 Å². The molecule has 0 saturated heterocycles. The van der Waals surface area contributed by atoms with Gasteiger partial charge in [-0.05, 0) is 12.8 Å². The molecule has 0 amide bonds. The fraction of sp³-hybridized carbons (Fsp3) is 0.444. The smallest absolute Gasteiger partial charge is 0.181 e. The molecule has 0 aromatic carbocycles. The van der Waals surface area contributed by atoms with Gasteiger partial charge in [0.05, 0.1) is 24.8 Å². The molecule has 82 valence electrons. The number of nitrogens with zero attached hydrogens (tertiary/aromatic N) is 6. The maximum atomic E-state index is 4.80. The van der Waals surface area contributed by atoms with Crippen molar-refractivity contribution in [2.45, 2.75) is 18.9 Å². The van der Waals surface area contributed by atoms with E-state index in [0.29, 0.717) is 11.9 Å². The van der Waals surface area contributed by atoms with Crippen molar-refractivity contribution < 1.29 is 0 Å². The van der Waals surface area contributed by atoms with Crippen molar-refractivity contribution in [1.82, 2.24) is 19.5 Å². The molecule has 0 N–H and O–H groups in total. The van der Waals surface area contributed by atoms with Crippen molar-refractivity contribution in [2.75, 3.05) is 5.01 Å². The molecule has 2 aromatic heterocycles. The van der Waals surface area contributed by atoms with Crippen LogP contribution < -0.4 is 5.01 Å². The number of fused-ring (bicyclic) bond motifs is 1. The molecule has 0 atom stereocenters. The Labute approximate surface area is 97.5 Å². The molecule has 2 aromatic rings. The number of imidazole rings is 1. The Morgan fingerprint density at radius 3 is 2.94 bits per heavy atom. The molecule has 7 heteroatoms. The summed E-state index contributed by atoms with van der Waals surface area (Å²) in [4.78, 5) is 12.7. The number of hydrogen-bond acceptors (Lipinski definition) is 5. The molecular formula is C9H10N6S. The molecule has 1 aliphatic carbocycles. The van der Waals surface area contributed by atoms with Crippen LogP contribution in [0.25, 0.3) is 11.2 Å². The highest BCUT2D eigenvalue weighted by molar-refractivity contribution is 7.47. The molecule has 6 nitrogen and oxygen atoms in total. The van der Waals surface area contributed by atoms with Gasteiger partial charge in [-0.1, -0.05) is 4.47 Å². The zero-order valence-electron chi connectivity index (χ0n) is 8.74. The summed E-state index contributed by atoms with van der Waals surface area (Å²) in [5.41, 5.74) is 1.56. The molecular weight excluding hydrogens is 224 g/mol. The van der Waals surface area contributed by atoms with E-state index >= 15 is 0 Å². The lowest BCUT2D eigenvalue weighted by molar-refractivity contribution is 0.841. The Bertz CT molecular complexity index is 546. The zero-order chi connectivity index (χ0) is 11.1. The van der Waals surface area contributed by atoms with E-state index in [9.17, 15) is 0 Å². The second kappa shape index (κ2) is 3.44. The summed E-state index contributed by atoms with van der Waals surface area (Å²) >= 11 is 4.80. The van der Waals surface area contributed by atoms with Crippen LogP contribution in [0.1, 0.15) is 12.8 Å². The third-order valence-corrected chi connectivity index (χ3v) is 2.85. The molecule has 0 bridgehead atoms. The lowest BCUT2D eigenvalue weighted by Crippen LogP contribution is -2.19. The third kappa shape index (κ3) is 1.35. The van der Waals surface area contributed by atoms with Gasteiger partial charge in [0, 0.05) is 7.05 Å². The van der Waals surface area contributed by atoms with Gasteiger partial charge in [-0.15, -0.1) is 0 Å². The maximum Gasteiger partial charge on any atom is 0.181 e. The topological polar surface area (TPSA) is 59.2 Å². The number of anilines is 1. The van der Waals surface area contributed by atoms with Crippen molar-refractivity contribution in [2.24, 2.45) is 11.5 Å². The number of aryl methyl sites for hydroxylation is 1. The second-order valence-electron chi connectivity index (χ2n) is 3.88. The van der Waals surface area contributed by atoms with Gasteiger partial charge in [0.25, 0.3) is 0 Å². The van der Waals surface area contributed by atoms with Crippen molar-refractivity contribution in [3.05, 3.63) is 12.7 Å². The Morgan fingerprint density at radius 2 is 2.25 bits per heavy atom. The molecule has 0 radical (unpaired) electrons. The highest BCUT2D eigenvalue weighted by Gasteiger charge is 2.32. The average Bonchev–Trinajstić information content (AvgIpc) is 3.06. The Morgan fingerprint density at radius 1 is 1.44 bits per heavy atom. The third-order valence-electron chi connectivity index (χ3n) is 2.68. The van der Waals surface area contributed by atoms with Gasteiger partial charge in [-0.3, -0.25) is 0 Å². The maximum absolute atomic E-state index is 4.80. The van der Waals surface area contributed by atoms with E-state index in [1.165, 1.54) is 6.33 Å². The van der Waals surface area contributed by atoms with Crippen LogP contribution in [0.3, 0.4) is 0 Å². The molecule has 0 aliphatic heterocycles. The van der Waals surface area contributed by atoms with Crippen LogP contribution in [0, 0.1) is 0 Å². The first kappa shape index (κ1) is 9.59. The number of rotatable bonds is 3. The normalized spacial score (nSPS) is 15.3. The van der Waals surface area contributed by atoms with Gasteiger partial charge >= 0.3 is 0 Å². The largest absolute Gasteiger partial charge is 0.318 e. The Hall–Kier alpha value is -1.63. The monoisotopic (exact) mass is 234 g/mol. The molecule has 2 heterocycles. The minimum absolute atomic E-state index is 0.387. The summed E-state index contributed by atoms with van der Waals surface area (Å²) in [5.74, 6) is 0.711. The van der Waals surface area contributed by atoms with E-state index in [1.54, 1.807) is 11.3 Å². The minimum Gasteiger partial charge on any atom is -0.318 e. The standard InChI is InChI=1S/C9H10N6S/c1-14-5-12-7-8(14)10-4-11-9(7)15(13-16)6-2-3-6/h4-6H,2-3H2,1H3. The van der Waals surface area contributed by atoms with Crippen molar-refractivity contribution in [1.29, 1.82) is 0 Å². The highest BCUT2D eigenvalue weighted by atomic mass is 32.1. The molecule has 1 aliphatic rings. The van der Waals surface area contributed by atoms with Gasteiger partial charge in [-0.2, -0.15) is 0 Å². The van der Waals surface area contributed by atoms with Gasteiger partial charge < -0.3 is 4.57 Å². The summed E-state index contributed by atoms with van der Waals surface area (Å²) in [6, 6.07) is 0.387. The Balaban J connectivity index is 2.18. The van der Waals surface area contributed by atoms with E-state index in [-0.39, 0.29) is 0 Å².